The first-order valence-corrected chi connectivity index (χ1v) is 2.65. The lowest BCUT2D eigenvalue weighted by Crippen LogP contribution is -1.75. The van der Waals surface area contributed by atoms with Crippen LogP contribution in [0.3, 0.4) is 0 Å². The Bertz CT molecular complexity index is 155. The van der Waals surface area contributed by atoms with E-state index in [1.807, 2.05) is 26.0 Å². The van der Waals surface area contributed by atoms with Gasteiger partial charge < -0.3 is 0 Å². The summed E-state index contributed by atoms with van der Waals surface area (Å²) in [5.41, 5.74) is 1.22. The highest BCUT2D eigenvalue weighted by Crippen LogP contribution is 2.04. The van der Waals surface area contributed by atoms with E-state index in [0.717, 1.165) is 5.76 Å². The summed E-state index contributed by atoms with van der Waals surface area (Å²) < 4.78 is 5.06. The molecule has 1 aliphatic heterocycles. The number of aldehydes is 1. The van der Waals surface area contributed by atoms with Crippen molar-refractivity contribution in [1.82, 2.24) is 0 Å². The smallest absolute Gasteiger partial charge is 0.216 e. The van der Waals surface area contributed by atoms with Crippen LogP contribution in [0.4, 0.5) is 0 Å². The Kier molecular flexibility index (Phi) is 1.29. The average Bonchev–Trinajstić information content (AvgIpc) is 2.12. The maximum Gasteiger partial charge on any atom is 0.351 e. The van der Waals surface area contributed by atoms with Crippen LogP contribution in [0.2, 0.25) is 0 Å². The standard InChI is InChI=1S/C7H9O/c1-6(2)7-4-3-5-8-7/h3-5H,1-2H3/q+1. The molecule has 1 rings (SSSR count). The number of hydrogen-bond donors (Lipinski definition) is 0. The van der Waals surface area contributed by atoms with Crippen LogP contribution in [0.1, 0.15) is 13.8 Å². The van der Waals surface area contributed by atoms with E-state index in [-0.39, 0.29) is 0 Å². The van der Waals surface area contributed by atoms with E-state index < -0.39 is 0 Å². The number of allylic oxidation sites excluding steroid dienone is 3. The zero-order valence-corrected chi connectivity index (χ0v) is 5.14. The van der Waals surface area contributed by atoms with Crippen molar-refractivity contribution in [1.29, 1.82) is 0 Å². The quantitative estimate of drug-likeness (QED) is 0.330. The van der Waals surface area contributed by atoms with Gasteiger partial charge in [-0.15, -0.1) is 0 Å². The molecule has 1 aliphatic rings. The minimum absolute atomic E-state index is 0.977. The molecule has 0 saturated heterocycles. The van der Waals surface area contributed by atoms with Crippen molar-refractivity contribution in [3.8, 4) is 0 Å². The molecule has 0 aromatic carbocycles. The molecule has 0 saturated carbocycles. The van der Waals surface area contributed by atoms with E-state index in [4.69, 9.17) is 4.42 Å². The largest absolute Gasteiger partial charge is 0.351 e. The Hall–Kier alpha value is -0.850. The van der Waals surface area contributed by atoms with Crippen molar-refractivity contribution in [2.45, 2.75) is 13.8 Å². The third kappa shape index (κ3) is 0.861. The van der Waals surface area contributed by atoms with Crippen molar-refractivity contribution in [3.63, 3.8) is 0 Å². The Morgan fingerprint density at radius 1 is 1.50 bits per heavy atom. The van der Waals surface area contributed by atoms with Crippen LogP contribution < -0.4 is 0 Å². The molecular formula is C7H9O+. The van der Waals surface area contributed by atoms with Crippen LogP contribution in [0.15, 0.2) is 23.5 Å². The van der Waals surface area contributed by atoms with Gasteiger partial charge in [-0.3, -0.25) is 0 Å². The molecule has 0 aliphatic carbocycles. The second-order valence-electron chi connectivity index (χ2n) is 1.98. The van der Waals surface area contributed by atoms with Crippen LogP contribution in [0.25, 0.3) is 0 Å². The summed E-state index contributed by atoms with van der Waals surface area (Å²) >= 11 is 0. The molecule has 0 bridgehead atoms. The Balaban J connectivity index is 2.90. The first-order chi connectivity index (χ1) is 3.80. The fraction of sp³-hybridized carbons (Fsp3) is 0.286. The number of rotatable bonds is 0. The van der Waals surface area contributed by atoms with E-state index >= 15 is 0 Å². The molecule has 0 radical (unpaired) electrons. The summed E-state index contributed by atoms with van der Waals surface area (Å²) in [5.74, 6) is 0.977. The van der Waals surface area contributed by atoms with Gasteiger partial charge in [0.2, 0.25) is 0 Å². The van der Waals surface area contributed by atoms with E-state index in [1.54, 1.807) is 6.29 Å². The topological polar surface area (TPSA) is 11.3 Å². The van der Waals surface area contributed by atoms with Crippen LogP contribution in [0.5, 0.6) is 0 Å². The van der Waals surface area contributed by atoms with Crippen molar-refractivity contribution in [2.75, 3.05) is 0 Å². The third-order valence-corrected chi connectivity index (χ3v) is 1.01. The van der Waals surface area contributed by atoms with E-state index in [1.165, 1.54) is 5.57 Å². The van der Waals surface area contributed by atoms with Crippen LogP contribution >= 0.6 is 0 Å². The van der Waals surface area contributed by atoms with Gasteiger partial charge in [-0.05, 0) is 13.8 Å². The van der Waals surface area contributed by atoms with Crippen molar-refractivity contribution in [3.05, 3.63) is 23.5 Å². The first-order valence-electron chi connectivity index (χ1n) is 2.65. The molecule has 0 unspecified atom stereocenters. The normalized spacial score (nSPS) is 15.5. The molecule has 1 heteroatoms. The van der Waals surface area contributed by atoms with E-state index in [9.17, 15) is 0 Å². The molecule has 1 nitrogen and oxygen atoms in total. The van der Waals surface area contributed by atoms with Gasteiger partial charge in [0.25, 0.3) is 0 Å². The lowest BCUT2D eigenvalue weighted by Gasteiger charge is -1.76. The molecule has 8 heavy (non-hydrogen) atoms. The zero-order valence-electron chi connectivity index (χ0n) is 5.14. The van der Waals surface area contributed by atoms with Gasteiger partial charge in [0, 0.05) is 11.6 Å². The molecule has 0 atom stereocenters. The first kappa shape index (κ1) is 5.29. The second-order valence-corrected chi connectivity index (χ2v) is 1.98. The van der Waals surface area contributed by atoms with Crippen molar-refractivity contribution in [2.24, 2.45) is 0 Å². The Morgan fingerprint density at radius 2 is 2.25 bits per heavy atom. The molecule has 42 valence electrons. The summed E-state index contributed by atoms with van der Waals surface area (Å²) in [6, 6.07) is 0. The highest BCUT2D eigenvalue weighted by Gasteiger charge is 2.08. The summed E-state index contributed by atoms with van der Waals surface area (Å²) in [4.78, 5) is 0. The van der Waals surface area contributed by atoms with Gasteiger partial charge in [-0.25, -0.2) is 4.42 Å². The highest BCUT2D eigenvalue weighted by molar-refractivity contribution is 5.69. The number of hydrogen-bond acceptors (Lipinski definition) is 0. The number of carbonyl (C=O) groups excluding carboxylic acids is 1. The summed E-state index contributed by atoms with van der Waals surface area (Å²) in [7, 11) is 0. The zero-order chi connectivity index (χ0) is 5.98. The fourth-order valence-electron chi connectivity index (χ4n) is 0.563. The monoisotopic (exact) mass is 109 g/mol. The maximum absolute atomic E-state index is 5.06. The van der Waals surface area contributed by atoms with Gasteiger partial charge >= 0.3 is 12.0 Å². The molecule has 0 amide bonds. The molecule has 0 aromatic heterocycles. The lowest BCUT2D eigenvalue weighted by molar-refractivity contribution is -0.381. The van der Waals surface area contributed by atoms with Crippen molar-refractivity contribution < 1.29 is 4.42 Å². The van der Waals surface area contributed by atoms with E-state index in [0.29, 0.717) is 0 Å². The Morgan fingerprint density at radius 3 is 2.50 bits per heavy atom. The van der Waals surface area contributed by atoms with Crippen molar-refractivity contribution >= 4 is 6.29 Å². The van der Waals surface area contributed by atoms with Gasteiger partial charge in [-0.2, -0.15) is 0 Å². The summed E-state index contributed by atoms with van der Waals surface area (Å²) in [6.45, 7) is 4.05. The average molecular weight is 109 g/mol. The molecule has 0 fully saturated rings. The SMILES string of the molecule is CC(C)=C1C=CC=[O+]1. The van der Waals surface area contributed by atoms with Crippen LogP contribution in [-0.4, -0.2) is 6.29 Å². The van der Waals surface area contributed by atoms with Gasteiger partial charge in [-0.1, -0.05) is 0 Å². The molecular weight excluding hydrogens is 100 g/mol. The lowest BCUT2D eigenvalue weighted by atomic mass is 10.3. The predicted octanol–water partition coefficient (Wildman–Crippen LogP) is 1.58. The van der Waals surface area contributed by atoms with Crippen LogP contribution in [0, 0.1) is 0 Å². The maximum atomic E-state index is 5.06. The highest BCUT2D eigenvalue weighted by atomic mass is 16.4. The minimum atomic E-state index is 0.977. The third-order valence-electron chi connectivity index (χ3n) is 1.01. The summed E-state index contributed by atoms with van der Waals surface area (Å²) in [5, 5.41) is 0. The summed E-state index contributed by atoms with van der Waals surface area (Å²) in [6.07, 6.45) is 5.53. The second kappa shape index (κ2) is 1.95. The van der Waals surface area contributed by atoms with Gasteiger partial charge in [0.15, 0.2) is 0 Å². The van der Waals surface area contributed by atoms with Gasteiger partial charge in [0.05, 0.1) is 6.08 Å². The van der Waals surface area contributed by atoms with E-state index in [2.05, 4.69) is 0 Å². The predicted molar refractivity (Wildman–Crippen MR) is 33.6 cm³/mol. The fourth-order valence-corrected chi connectivity index (χ4v) is 0.563. The molecule has 0 spiro atoms. The molecule has 1 heterocycles. The molecule has 0 aromatic rings. The Labute approximate surface area is 49.0 Å². The molecule has 0 N–H and O–H groups in total. The minimum Gasteiger partial charge on any atom is -0.216 e. The van der Waals surface area contributed by atoms with Gasteiger partial charge in [0.1, 0.15) is 0 Å². The van der Waals surface area contributed by atoms with Crippen LogP contribution in [-0.2, 0) is 4.42 Å².